The van der Waals surface area contributed by atoms with Crippen LogP contribution in [0.15, 0.2) is 0 Å². The van der Waals surface area contributed by atoms with Gasteiger partial charge in [0.25, 0.3) is 0 Å². The maximum Gasteiger partial charge on any atom is 0.317 e. The highest BCUT2D eigenvalue weighted by atomic mass is 16.2. The normalized spacial score (nSPS) is 28.3. The highest BCUT2D eigenvalue weighted by molar-refractivity contribution is 5.75. The van der Waals surface area contributed by atoms with E-state index in [2.05, 4.69) is 5.32 Å². The molecule has 0 aromatic heterocycles. The number of amides is 2. The molecule has 0 radical (unpaired) electrons. The monoisotopic (exact) mass is 103 g/mol. The molecule has 3 heteroatoms. The average Bonchev–Trinajstić information content (AvgIpc) is 2.11. The van der Waals surface area contributed by atoms with Crippen molar-refractivity contribution in [1.29, 1.82) is 0 Å². The lowest BCUT2D eigenvalue weighted by atomic mass is 10.7. The first-order chi connectivity index (χ1) is 4.52. The molecule has 1 rings (SSSR count). The summed E-state index contributed by atoms with van der Waals surface area (Å²) in [6, 6.07) is -0.500. The van der Waals surface area contributed by atoms with Crippen LogP contribution in [0, 0.1) is 0 Å². The minimum absolute atomic E-state index is 0.273. The van der Waals surface area contributed by atoms with E-state index in [1.165, 1.54) is 0 Å². The number of nitrogens with one attached hydrogen (secondary N) is 1. The Bertz CT molecular complexity index is 155. The Morgan fingerprint density at radius 1 is 2.14 bits per heavy atom. The van der Waals surface area contributed by atoms with E-state index in [9.17, 15) is 4.79 Å². The van der Waals surface area contributed by atoms with E-state index < -0.39 is 13.0 Å². The highest BCUT2D eigenvalue weighted by Gasteiger charge is 2.12. The van der Waals surface area contributed by atoms with Crippen molar-refractivity contribution in [3.8, 4) is 0 Å². The zero-order valence-corrected chi connectivity index (χ0v) is 3.77. The second kappa shape index (κ2) is 1.40. The number of carbonyl (C=O) groups excluding carboxylic acids is 1. The van der Waals surface area contributed by atoms with Gasteiger partial charge in [0.2, 0.25) is 0 Å². The van der Waals surface area contributed by atoms with Gasteiger partial charge in [-0.2, -0.15) is 0 Å². The maximum atomic E-state index is 10.7. The molecule has 0 saturated carbocycles. The van der Waals surface area contributed by atoms with Gasteiger partial charge in [-0.25, -0.2) is 4.79 Å². The predicted molar refractivity (Wildman–Crippen MR) is 26.0 cm³/mol. The molecule has 1 saturated heterocycles. The van der Waals surface area contributed by atoms with Gasteiger partial charge in [0, 0.05) is 24.2 Å². The molecular weight excluding hydrogens is 92.1 g/mol. The Balaban J connectivity index is 2.64. The molecule has 1 N–H and O–H groups in total. The Kier molecular flexibility index (Phi) is 0.407. The molecule has 0 aromatic rings. The lowest BCUT2D eigenvalue weighted by Gasteiger charge is -2.01. The number of hydrogen-bond acceptors (Lipinski definition) is 1. The molecule has 3 nitrogen and oxygen atoms in total. The van der Waals surface area contributed by atoms with Crippen LogP contribution in [0.3, 0.4) is 0 Å². The zero-order valence-electron chi connectivity index (χ0n) is 6.77. The summed E-state index contributed by atoms with van der Waals surface area (Å²) >= 11 is 0. The maximum absolute atomic E-state index is 10.7. The third-order valence-corrected chi connectivity index (χ3v) is 0.857. The summed E-state index contributed by atoms with van der Waals surface area (Å²) < 4.78 is 20.6. The van der Waals surface area contributed by atoms with Crippen LogP contribution in [0.1, 0.15) is 4.11 Å². The van der Waals surface area contributed by atoms with Crippen LogP contribution < -0.4 is 5.32 Å². The van der Waals surface area contributed by atoms with E-state index >= 15 is 0 Å². The van der Waals surface area contributed by atoms with Gasteiger partial charge < -0.3 is 10.2 Å². The fourth-order valence-corrected chi connectivity index (χ4v) is 0.472. The lowest BCUT2D eigenvalue weighted by molar-refractivity contribution is 0.226. The van der Waals surface area contributed by atoms with Gasteiger partial charge in [0.05, 0.1) is 0 Å². The number of hydrogen-bond donors (Lipinski definition) is 1. The van der Waals surface area contributed by atoms with Gasteiger partial charge >= 0.3 is 6.03 Å². The Morgan fingerprint density at radius 3 is 3.29 bits per heavy atom. The second-order valence-corrected chi connectivity index (χ2v) is 1.38. The molecule has 0 unspecified atom stereocenters. The van der Waals surface area contributed by atoms with Crippen LogP contribution >= 0.6 is 0 Å². The van der Waals surface area contributed by atoms with Crippen molar-refractivity contribution >= 4 is 6.03 Å². The van der Waals surface area contributed by atoms with Crippen molar-refractivity contribution in [2.45, 2.75) is 0 Å². The van der Waals surface area contributed by atoms with Gasteiger partial charge in [-0.3, -0.25) is 0 Å². The number of rotatable bonds is 0. The summed E-state index contributed by atoms with van der Waals surface area (Å²) in [5, 5.41) is 2.40. The van der Waals surface area contributed by atoms with E-state index in [0.717, 1.165) is 4.90 Å². The first-order valence-corrected chi connectivity index (χ1v) is 2.07. The molecular formula is C4H8N2O. The molecule has 1 aliphatic rings. The number of nitrogens with zero attached hydrogens (tertiary/aromatic N) is 1. The minimum atomic E-state index is -2.28. The van der Waals surface area contributed by atoms with Gasteiger partial charge in [0.15, 0.2) is 0 Å². The third kappa shape index (κ3) is 0.656. The van der Waals surface area contributed by atoms with E-state index in [1.807, 2.05) is 0 Å². The molecule has 1 fully saturated rings. The van der Waals surface area contributed by atoms with Gasteiger partial charge in [0.1, 0.15) is 0 Å². The van der Waals surface area contributed by atoms with Crippen LogP contribution in [0.2, 0.25) is 0 Å². The van der Waals surface area contributed by atoms with Crippen LogP contribution in [0.4, 0.5) is 4.79 Å². The SMILES string of the molecule is [2H]C([2H])([2H])N1CCNC1=O. The van der Waals surface area contributed by atoms with Crippen molar-refractivity contribution in [2.75, 3.05) is 20.1 Å². The number of carbonyl (C=O) groups is 1. The van der Waals surface area contributed by atoms with Crippen molar-refractivity contribution < 1.29 is 8.91 Å². The molecule has 0 aliphatic carbocycles. The quantitative estimate of drug-likeness (QED) is 0.446. The fraction of sp³-hybridized carbons (Fsp3) is 0.750. The third-order valence-electron chi connectivity index (χ3n) is 0.857. The smallest absolute Gasteiger partial charge is 0.317 e. The molecule has 40 valence electrons. The zero-order chi connectivity index (χ0) is 7.78. The van der Waals surface area contributed by atoms with Crippen LogP contribution in [0.5, 0.6) is 0 Å². The largest absolute Gasteiger partial charge is 0.336 e. The van der Waals surface area contributed by atoms with Crippen molar-refractivity contribution in [2.24, 2.45) is 0 Å². The molecule has 0 spiro atoms. The molecule has 1 heterocycles. The molecule has 7 heavy (non-hydrogen) atoms. The van der Waals surface area contributed by atoms with Crippen molar-refractivity contribution in [3.63, 3.8) is 0 Å². The number of likely N-dealkylation sites (N-methyl/N-ethyl adjacent to an activating group) is 1. The van der Waals surface area contributed by atoms with E-state index in [1.54, 1.807) is 0 Å². The number of urea groups is 1. The Labute approximate surface area is 46.5 Å². The average molecular weight is 103 g/mol. The molecule has 0 bridgehead atoms. The van der Waals surface area contributed by atoms with Gasteiger partial charge in [-0.15, -0.1) is 0 Å². The summed E-state index contributed by atoms with van der Waals surface area (Å²) in [5.41, 5.74) is 0. The summed E-state index contributed by atoms with van der Waals surface area (Å²) in [7, 11) is 0. The topological polar surface area (TPSA) is 32.3 Å². The standard InChI is InChI=1S/C4H8N2O/c1-6-3-2-5-4(6)7/h2-3H2,1H3,(H,5,7)/i1D3. The van der Waals surface area contributed by atoms with Crippen molar-refractivity contribution in [3.05, 3.63) is 0 Å². The first-order valence-electron chi connectivity index (χ1n) is 3.57. The summed E-state index contributed by atoms with van der Waals surface area (Å²) in [5.74, 6) is 0. The fourth-order valence-electron chi connectivity index (χ4n) is 0.472. The highest BCUT2D eigenvalue weighted by Crippen LogP contribution is 1.88. The van der Waals surface area contributed by atoms with Crippen LogP contribution in [0.25, 0.3) is 0 Å². The molecule has 0 atom stereocenters. The minimum Gasteiger partial charge on any atom is -0.336 e. The van der Waals surface area contributed by atoms with Crippen LogP contribution in [-0.2, 0) is 0 Å². The molecule has 1 aliphatic heterocycles. The van der Waals surface area contributed by atoms with E-state index in [4.69, 9.17) is 4.11 Å². The van der Waals surface area contributed by atoms with Gasteiger partial charge in [-0.05, 0) is 0 Å². The first kappa shape index (κ1) is 2.03. The van der Waals surface area contributed by atoms with Crippen molar-refractivity contribution in [1.82, 2.24) is 10.2 Å². The van der Waals surface area contributed by atoms with E-state index in [-0.39, 0.29) is 6.54 Å². The Hall–Kier alpha value is -0.730. The second-order valence-electron chi connectivity index (χ2n) is 1.38. The molecule has 0 aromatic carbocycles. The lowest BCUT2D eigenvalue weighted by Crippen LogP contribution is -2.23. The predicted octanol–water partition coefficient (Wildman–Crippen LogP) is -0.359. The van der Waals surface area contributed by atoms with Gasteiger partial charge in [-0.1, -0.05) is 0 Å². The summed E-state index contributed by atoms with van der Waals surface area (Å²) in [6.07, 6.45) is 0. The summed E-state index contributed by atoms with van der Waals surface area (Å²) in [6.45, 7) is -1.58. The van der Waals surface area contributed by atoms with Crippen LogP contribution in [-0.4, -0.2) is 31.0 Å². The summed E-state index contributed by atoms with van der Waals surface area (Å²) in [4.78, 5) is 11.5. The molecule has 2 amide bonds. The Morgan fingerprint density at radius 2 is 3.00 bits per heavy atom. The van der Waals surface area contributed by atoms with E-state index in [0.29, 0.717) is 6.54 Å².